The molecule has 1 aromatic heterocycles. The van der Waals surface area contributed by atoms with E-state index in [1.54, 1.807) is 42.3 Å². The van der Waals surface area contributed by atoms with Gasteiger partial charge in [-0.3, -0.25) is 29.9 Å². The molecule has 0 aliphatic rings. The number of anilines is 1. The number of nitro groups is 1. The summed E-state index contributed by atoms with van der Waals surface area (Å²) >= 11 is 0. The highest BCUT2D eigenvalue weighted by molar-refractivity contribution is 5.95. The van der Waals surface area contributed by atoms with Gasteiger partial charge in [0.15, 0.2) is 0 Å². The van der Waals surface area contributed by atoms with Crippen molar-refractivity contribution in [2.45, 2.75) is 13.8 Å². The predicted octanol–water partition coefficient (Wildman–Crippen LogP) is 1.98. The summed E-state index contributed by atoms with van der Waals surface area (Å²) < 4.78 is 6.17. The Morgan fingerprint density at radius 3 is 2.58 bits per heavy atom. The summed E-state index contributed by atoms with van der Waals surface area (Å²) in [6, 6.07) is 12.0. The summed E-state index contributed by atoms with van der Waals surface area (Å²) in [6.45, 7) is 3.45. The Morgan fingerprint density at radius 2 is 1.94 bits per heavy atom. The Balaban J connectivity index is 2.22. The molecule has 13 heteroatoms. The molecule has 0 saturated carbocycles. The van der Waals surface area contributed by atoms with Crippen molar-refractivity contribution in [2.24, 2.45) is 0 Å². The number of carbonyl (C=O) groups excluding carboxylic acids is 2. The topological polar surface area (TPSA) is 158 Å². The number of nitrogens with one attached hydrogen (secondary N) is 2. The van der Waals surface area contributed by atoms with Gasteiger partial charge in [-0.15, -0.1) is 0 Å². The van der Waals surface area contributed by atoms with Crippen LogP contribution in [0.15, 0.2) is 53.3 Å². The molecule has 0 unspecified atom stereocenters. The van der Waals surface area contributed by atoms with Crippen molar-refractivity contribution in [1.82, 2.24) is 20.8 Å². The number of hydrogen-bond donors (Lipinski definition) is 2. The number of hydrazine groups is 1. The van der Waals surface area contributed by atoms with Crippen LogP contribution in [0.2, 0.25) is 0 Å². The van der Waals surface area contributed by atoms with Crippen LogP contribution in [-0.2, 0) is 9.63 Å². The third-order valence-corrected chi connectivity index (χ3v) is 5.17. The molecule has 36 heavy (non-hydrogen) atoms. The number of nitro benzene ring substituents is 1. The molecule has 2 aromatic carbocycles. The molecule has 0 radical (unpaired) electrons. The van der Waals surface area contributed by atoms with E-state index in [2.05, 4.69) is 15.4 Å². The average molecular weight is 496 g/mol. The van der Waals surface area contributed by atoms with E-state index in [1.165, 1.54) is 13.2 Å². The minimum atomic E-state index is -0.768. The number of ether oxygens (including phenoxy) is 1. The zero-order chi connectivity index (χ0) is 26.4. The molecule has 0 fully saturated rings. The first-order valence-electron chi connectivity index (χ1n) is 10.7. The minimum absolute atomic E-state index is 0.0545. The number of amides is 1. The lowest BCUT2D eigenvalue weighted by atomic mass is 10.1. The third kappa shape index (κ3) is 5.64. The molecule has 0 bridgehead atoms. The Bertz CT molecular complexity index is 1370. The van der Waals surface area contributed by atoms with Gasteiger partial charge in [0.25, 0.3) is 17.2 Å². The standard InChI is InChI=1S/C23H24N6O7/c1-5-27(3)21-13-18(15-7-6-8-17(11-15)35-4)25-28(23(21)32)20-12-16(9-10-19(20)29(33)34)22(31)24-26-36-14(2)30/h6-13,26H,5H2,1-4H3,(H,24,31). The van der Waals surface area contributed by atoms with Crippen molar-refractivity contribution in [1.29, 1.82) is 0 Å². The number of aromatic nitrogens is 2. The van der Waals surface area contributed by atoms with E-state index in [0.717, 1.165) is 23.7 Å². The zero-order valence-corrected chi connectivity index (χ0v) is 20.0. The maximum atomic E-state index is 13.4. The molecule has 188 valence electrons. The van der Waals surface area contributed by atoms with E-state index in [0.29, 0.717) is 23.6 Å². The number of benzene rings is 2. The monoisotopic (exact) mass is 496 g/mol. The van der Waals surface area contributed by atoms with Crippen molar-refractivity contribution in [2.75, 3.05) is 25.6 Å². The van der Waals surface area contributed by atoms with Crippen molar-refractivity contribution in [3.8, 4) is 22.7 Å². The Morgan fingerprint density at radius 1 is 1.19 bits per heavy atom. The summed E-state index contributed by atoms with van der Waals surface area (Å²) in [7, 11) is 3.22. The fraction of sp³-hybridized carbons (Fsp3) is 0.217. The number of methoxy groups -OCH3 is 1. The van der Waals surface area contributed by atoms with E-state index < -0.39 is 28.0 Å². The largest absolute Gasteiger partial charge is 0.497 e. The second-order valence-electron chi connectivity index (χ2n) is 7.49. The summed E-state index contributed by atoms with van der Waals surface area (Å²) in [5.41, 5.74) is 3.97. The van der Waals surface area contributed by atoms with Crippen LogP contribution in [0.5, 0.6) is 5.75 Å². The number of hydrogen-bond acceptors (Lipinski definition) is 10. The molecular weight excluding hydrogens is 472 g/mol. The molecule has 0 atom stereocenters. The maximum Gasteiger partial charge on any atom is 0.324 e. The molecule has 0 aliphatic heterocycles. The number of rotatable bonds is 9. The van der Waals surface area contributed by atoms with Crippen molar-refractivity contribution < 1.29 is 24.1 Å². The van der Waals surface area contributed by atoms with Crippen molar-refractivity contribution >= 4 is 23.3 Å². The summed E-state index contributed by atoms with van der Waals surface area (Å²) in [5.74, 6) is -0.907. The second kappa shape index (κ2) is 11.1. The first-order valence-corrected chi connectivity index (χ1v) is 10.7. The number of nitrogens with zero attached hydrogens (tertiary/aromatic N) is 4. The van der Waals surface area contributed by atoms with Gasteiger partial charge in [-0.25, -0.2) is 0 Å². The normalized spacial score (nSPS) is 10.4. The van der Waals surface area contributed by atoms with Gasteiger partial charge in [0.05, 0.1) is 17.7 Å². The molecule has 0 aliphatic carbocycles. The SMILES string of the molecule is CCN(C)c1cc(-c2cccc(OC)c2)nn(-c2cc(C(=O)NNOC(C)=O)ccc2[N+](=O)[O-])c1=O. The summed E-state index contributed by atoms with van der Waals surface area (Å²) in [5, 5.41) is 16.2. The molecular formula is C23H24N6O7. The fourth-order valence-electron chi connectivity index (χ4n) is 3.22. The highest BCUT2D eigenvalue weighted by atomic mass is 16.7. The minimum Gasteiger partial charge on any atom is -0.497 e. The quantitative estimate of drug-likeness (QED) is 0.331. The Kier molecular flexibility index (Phi) is 7.96. The van der Waals surface area contributed by atoms with Gasteiger partial charge in [-0.05, 0) is 37.3 Å². The summed E-state index contributed by atoms with van der Waals surface area (Å²) in [6.07, 6.45) is 0. The lowest BCUT2D eigenvalue weighted by Gasteiger charge is -2.19. The molecule has 1 heterocycles. The van der Waals surface area contributed by atoms with Crippen LogP contribution < -0.4 is 26.2 Å². The third-order valence-electron chi connectivity index (χ3n) is 5.17. The van der Waals surface area contributed by atoms with Gasteiger partial charge < -0.3 is 14.5 Å². The highest BCUT2D eigenvalue weighted by Gasteiger charge is 2.23. The van der Waals surface area contributed by atoms with Crippen LogP contribution in [0, 0.1) is 10.1 Å². The summed E-state index contributed by atoms with van der Waals surface area (Å²) in [4.78, 5) is 54.1. The van der Waals surface area contributed by atoms with E-state index >= 15 is 0 Å². The lowest BCUT2D eigenvalue weighted by Crippen LogP contribution is -2.38. The molecule has 0 saturated heterocycles. The van der Waals surface area contributed by atoms with Gasteiger partial charge >= 0.3 is 5.97 Å². The van der Waals surface area contributed by atoms with Crippen LogP contribution in [0.1, 0.15) is 24.2 Å². The van der Waals surface area contributed by atoms with E-state index in [9.17, 15) is 24.5 Å². The predicted molar refractivity (Wildman–Crippen MR) is 130 cm³/mol. The van der Waals surface area contributed by atoms with Gasteiger partial charge in [0.1, 0.15) is 17.1 Å². The lowest BCUT2D eigenvalue weighted by molar-refractivity contribution is -0.384. The first kappa shape index (κ1) is 25.8. The van der Waals surface area contributed by atoms with E-state index in [1.807, 2.05) is 12.5 Å². The Hall–Kier alpha value is -4.78. The fourth-order valence-corrected chi connectivity index (χ4v) is 3.22. The van der Waals surface area contributed by atoms with Crippen LogP contribution in [0.4, 0.5) is 11.4 Å². The van der Waals surface area contributed by atoms with Gasteiger partial charge in [-0.2, -0.15) is 9.78 Å². The Labute approximate surface area is 205 Å². The van der Waals surface area contributed by atoms with Crippen molar-refractivity contribution in [3.63, 3.8) is 0 Å². The maximum absolute atomic E-state index is 13.4. The number of carbonyl (C=O) groups is 2. The second-order valence-corrected chi connectivity index (χ2v) is 7.49. The average Bonchev–Trinajstić information content (AvgIpc) is 2.87. The van der Waals surface area contributed by atoms with Crippen LogP contribution in [-0.4, -0.2) is 47.3 Å². The molecule has 0 spiro atoms. The van der Waals surface area contributed by atoms with E-state index in [-0.39, 0.29) is 16.9 Å². The molecule has 13 nitrogen and oxygen atoms in total. The highest BCUT2D eigenvalue weighted by Crippen LogP contribution is 2.27. The van der Waals surface area contributed by atoms with E-state index in [4.69, 9.17) is 4.74 Å². The zero-order valence-electron chi connectivity index (χ0n) is 20.0. The molecule has 3 aromatic rings. The van der Waals surface area contributed by atoms with Crippen molar-refractivity contribution in [3.05, 3.63) is 74.6 Å². The van der Waals surface area contributed by atoms with Crippen LogP contribution in [0.25, 0.3) is 16.9 Å². The smallest absolute Gasteiger partial charge is 0.324 e. The molecule has 1 amide bonds. The van der Waals surface area contributed by atoms with Gasteiger partial charge in [-0.1, -0.05) is 17.7 Å². The first-order chi connectivity index (χ1) is 17.2. The van der Waals surface area contributed by atoms with Gasteiger partial charge in [0.2, 0.25) is 0 Å². The van der Waals surface area contributed by atoms with Gasteiger partial charge in [0, 0.05) is 37.7 Å². The van der Waals surface area contributed by atoms with Crippen LogP contribution >= 0.6 is 0 Å². The molecule has 3 rings (SSSR count). The van der Waals surface area contributed by atoms with Crippen LogP contribution in [0.3, 0.4) is 0 Å². The molecule has 2 N–H and O–H groups in total.